The molecule has 3 N–H and O–H groups in total. The summed E-state index contributed by atoms with van der Waals surface area (Å²) in [6.07, 6.45) is 3.34. The number of nitrogens with zero attached hydrogens (tertiary/aromatic N) is 2. The van der Waals surface area contributed by atoms with Gasteiger partial charge in [0.25, 0.3) is 0 Å². The van der Waals surface area contributed by atoms with E-state index >= 15 is 4.39 Å². The van der Waals surface area contributed by atoms with Crippen LogP contribution >= 0.6 is 0 Å². The van der Waals surface area contributed by atoms with Gasteiger partial charge in [-0.05, 0) is 48.5 Å². The Morgan fingerprint density at radius 2 is 1.71 bits per heavy atom. The van der Waals surface area contributed by atoms with Crippen molar-refractivity contribution in [2.75, 3.05) is 17.7 Å². The Bertz CT molecular complexity index is 1300. The van der Waals surface area contributed by atoms with Crippen molar-refractivity contribution in [3.8, 4) is 28.3 Å². The number of halogens is 1. The van der Waals surface area contributed by atoms with Crippen LogP contribution in [0.2, 0.25) is 0 Å². The van der Waals surface area contributed by atoms with Gasteiger partial charge in [0.05, 0.1) is 24.2 Å². The average molecular weight is 460 g/mol. The minimum atomic E-state index is -0.563. The minimum absolute atomic E-state index is 0.0519. The molecule has 0 saturated carbocycles. The first kappa shape index (κ1) is 23.0. The van der Waals surface area contributed by atoms with Gasteiger partial charge < -0.3 is 20.4 Å². The molecule has 0 fully saturated rings. The molecule has 0 aliphatic rings. The van der Waals surface area contributed by atoms with Crippen molar-refractivity contribution in [2.45, 2.75) is 26.2 Å². The van der Waals surface area contributed by atoms with Gasteiger partial charge in [0, 0.05) is 34.6 Å². The van der Waals surface area contributed by atoms with Crippen LogP contribution in [-0.4, -0.2) is 28.1 Å². The molecule has 0 unspecified atom stereocenters. The summed E-state index contributed by atoms with van der Waals surface area (Å²) >= 11 is 0. The van der Waals surface area contributed by atoms with Gasteiger partial charge in [-0.1, -0.05) is 26.8 Å². The number of pyridine rings is 1. The van der Waals surface area contributed by atoms with Crippen LogP contribution in [0.15, 0.2) is 67.0 Å². The van der Waals surface area contributed by atoms with Crippen LogP contribution in [-0.2, 0) is 5.41 Å². The van der Waals surface area contributed by atoms with Crippen LogP contribution < -0.4 is 15.4 Å². The lowest BCUT2D eigenvalue weighted by atomic mass is 9.96. The van der Waals surface area contributed by atoms with E-state index in [-0.39, 0.29) is 11.1 Å². The molecule has 2 aromatic carbocycles. The number of ether oxygens (including phenoxy) is 1. The summed E-state index contributed by atoms with van der Waals surface area (Å²) in [5, 5.41) is 5.28. The number of imidazole rings is 1. The Morgan fingerprint density at radius 3 is 2.35 bits per heavy atom. The quantitative estimate of drug-likeness (QED) is 0.330. The Morgan fingerprint density at radius 1 is 1.00 bits per heavy atom. The molecule has 0 saturated heterocycles. The van der Waals surface area contributed by atoms with E-state index in [1.807, 2.05) is 32.9 Å². The van der Waals surface area contributed by atoms with E-state index in [4.69, 9.17) is 9.72 Å². The third-order valence-corrected chi connectivity index (χ3v) is 5.23. The number of hydrogen-bond donors (Lipinski definition) is 3. The second-order valence-electron chi connectivity index (χ2n) is 8.77. The summed E-state index contributed by atoms with van der Waals surface area (Å²) in [6.45, 7) is 6.09. The summed E-state index contributed by atoms with van der Waals surface area (Å²) in [4.78, 5) is 24.6. The first-order valence-corrected chi connectivity index (χ1v) is 10.8. The largest absolute Gasteiger partial charge is 0.497 e. The fourth-order valence-corrected chi connectivity index (χ4v) is 3.42. The van der Waals surface area contributed by atoms with Crippen molar-refractivity contribution >= 4 is 17.4 Å². The van der Waals surface area contributed by atoms with E-state index < -0.39 is 11.8 Å². The summed E-state index contributed by atoms with van der Waals surface area (Å²) in [7, 11) is 1.56. The van der Waals surface area contributed by atoms with E-state index in [1.54, 1.807) is 55.9 Å². The third-order valence-electron chi connectivity index (χ3n) is 5.23. The maximum atomic E-state index is 15.6. The molecule has 34 heavy (non-hydrogen) atoms. The van der Waals surface area contributed by atoms with Crippen LogP contribution in [0.1, 0.15) is 26.6 Å². The average Bonchev–Trinajstić information content (AvgIpc) is 3.27. The zero-order chi connectivity index (χ0) is 24.3. The van der Waals surface area contributed by atoms with Crippen molar-refractivity contribution in [1.82, 2.24) is 15.0 Å². The van der Waals surface area contributed by atoms with Crippen LogP contribution in [0.3, 0.4) is 0 Å². The van der Waals surface area contributed by atoms with Gasteiger partial charge in [-0.25, -0.2) is 14.2 Å². The zero-order valence-corrected chi connectivity index (χ0v) is 19.4. The Balaban J connectivity index is 1.66. The van der Waals surface area contributed by atoms with Crippen LogP contribution in [0, 0.1) is 5.82 Å². The number of benzene rings is 2. The second kappa shape index (κ2) is 9.35. The molecule has 2 heterocycles. The number of rotatable bonds is 5. The van der Waals surface area contributed by atoms with Crippen molar-refractivity contribution in [3.63, 3.8) is 0 Å². The summed E-state index contributed by atoms with van der Waals surface area (Å²) in [5.41, 5.74) is 2.60. The number of amides is 2. The van der Waals surface area contributed by atoms with Crippen molar-refractivity contribution in [1.29, 1.82) is 0 Å². The van der Waals surface area contributed by atoms with Gasteiger partial charge in [-0.15, -0.1) is 0 Å². The molecule has 0 bridgehead atoms. The molecule has 0 radical (unpaired) electrons. The summed E-state index contributed by atoms with van der Waals surface area (Å²) in [6, 6.07) is 14.8. The Hall–Kier alpha value is -4.20. The maximum absolute atomic E-state index is 15.6. The highest BCUT2D eigenvalue weighted by Gasteiger charge is 2.24. The van der Waals surface area contributed by atoms with E-state index in [0.717, 1.165) is 11.4 Å². The van der Waals surface area contributed by atoms with E-state index in [9.17, 15) is 4.79 Å². The molecule has 8 heteroatoms. The highest BCUT2D eigenvalue weighted by atomic mass is 19.1. The topological polar surface area (TPSA) is 91.9 Å². The van der Waals surface area contributed by atoms with Gasteiger partial charge in [0.15, 0.2) is 5.82 Å². The predicted molar refractivity (Wildman–Crippen MR) is 132 cm³/mol. The lowest BCUT2D eigenvalue weighted by Crippen LogP contribution is -2.20. The predicted octanol–water partition coefficient (Wildman–Crippen LogP) is 6.23. The molecule has 4 aromatic rings. The third kappa shape index (κ3) is 4.91. The lowest BCUT2D eigenvalue weighted by molar-refractivity contribution is 0.262. The fourth-order valence-electron chi connectivity index (χ4n) is 3.42. The number of anilines is 2. The molecule has 4 rings (SSSR count). The summed E-state index contributed by atoms with van der Waals surface area (Å²) < 4.78 is 20.8. The van der Waals surface area contributed by atoms with Gasteiger partial charge in [-0.2, -0.15) is 0 Å². The van der Waals surface area contributed by atoms with E-state index in [0.29, 0.717) is 28.4 Å². The fraction of sp³-hybridized carbons (Fsp3) is 0.192. The number of carbonyl (C=O) groups is 1. The molecule has 2 amide bonds. The number of aromatic nitrogens is 3. The molecule has 7 nitrogen and oxygen atoms in total. The van der Waals surface area contributed by atoms with Crippen molar-refractivity contribution < 1.29 is 13.9 Å². The van der Waals surface area contributed by atoms with Crippen molar-refractivity contribution in [3.05, 3.63) is 78.6 Å². The highest BCUT2D eigenvalue weighted by Crippen LogP contribution is 2.36. The normalized spacial score (nSPS) is 11.2. The molecule has 0 atom stereocenters. The highest BCUT2D eigenvalue weighted by molar-refractivity contribution is 6.00. The Labute approximate surface area is 197 Å². The molecule has 0 spiro atoms. The SMILES string of the molecule is COc1ccc(NC(=O)Nc2cccc(-c3[nH]c(C(C)(C)C)nc3-c3ccncc3)c2F)cc1. The van der Waals surface area contributed by atoms with Crippen LogP contribution in [0.25, 0.3) is 22.5 Å². The van der Waals surface area contributed by atoms with Gasteiger partial charge >= 0.3 is 6.03 Å². The van der Waals surface area contributed by atoms with Gasteiger partial charge in [-0.3, -0.25) is 4.98 Å². The molecule has 2 aromatic heterocycles. The minimum Gasteiger partial charge on any atom is -0.497 e. The second-order valence-corrected chi connectivity index (χ2v) is 8.77. The molecular weight excluding hydrogens is 433 g/mol. The van der Waals surface area contributed by atoms with E-state index in [2.05, 4.69) is 20.6 Å². The standard InChI is InChI=1S/C26H26FN5O2/c1-26(2,3)24-31-22(16-12-14-28-15-13-16)23(32-24)19-6-5-7-20(21(19)27)30-25(33)29-17-8-10-18(34-4)11-9-17/h5-15H,1-4H3,(H,31,32)(H2,29,30,33). The molecule has 0 aliphatic carbocycles. The zero-order valence-electron chi connectivity index (χ0n) is 19.4. The first-order valence-electron chi connectivity index (χ1n) is 10.8. The van der Waals surface area contributed by atoms with Gasteiger partial charge in [0.1, 0.15) is 11.6 Å². The van der Waals surface area contributed by atoms with Crippen LogP contribution in [0.5, 0.6) is 5.75 Å². The number of hydrogen-bond acceptors (Lipinski definition) is 4. The summed E-state index contributed by atoms with van der Waals surface area (Å²) in [5.74, 6) is 0.833. The van der Waals surface area contributed by atoms with E-state index in [1.165, 1.54) is 6.07 Å². The monoisotopic (exact) mass is 459 g/mol. The molecule has 174 valence electrons. The van der Waals surface area contributed by atoms with Gasteiger partial charge in [0.2, 0.25) is 0 Å². The molecular formula is C26H26FN5O2. The van der Waals surface area contributed by atoms with Crippen LogP contribution in [0.4, 0.5) is 20.6 Å². The maximum Gasteiger partial charge on any atom is 0.323 e. The first-order chi connectivity index (χ1) is 16.3. The van der Waals surface area contributed by atoms with Crippen molar-refractivity contribution in [2.24, 2.45) is 0 Å². The number of aromatic amines is 1. The number of methoxy groups -OCH3 is 1. The number of urea groups is 1. The lowest BCUT2D eigenvalue weighted by Gasteiger charge is -2.14. The molecule has 0 aliphatic heterocycles. The number of nitrogens with one attached hydrogen (secondary N) is 3. The Kier molecular flexibility index (Phi) is 6.32. The smallest absolute Gasteiger partial charge is 0.323 e. The number of H-pyrrole nitrogens is 1. The number of carbonyl (C=O) groups excluding carboxylic acids is 1.